The number of hydrogen-bond donors (Lipinski definition) is 1. The maximum Gasteiger partial charge on any atom is 0.343 e. The fourth-order valence-electron chi connectivity index (χ4n) is 5.66. The van der Waals surface area contributed by atoms with Gasteiger partial charge in [-0.15, -0.1) is 0 Å². The van der Waals surface area contributed by atoms with Crippen molar-refractivity contribution < 1.29 is 19.1 Å². The molecule has 0 bridgehead atoms. The summed E-state index contributed by atoms with van der Waals surface area (Å²) in [6, 6.07) is 9.63. The van der Waals surface area contributed by atoms with E-state index >= 15 is 0 Å². The molecule has 2 aliphatic rings. The molecular formula is C26H36N3O3+. The molecule has 3 unspecified atom stereocenters. The van der Waals surface area contributed by atoms with Crippen LogP contribution in [0.25, 0.3) is 0 Å². The highest BCUT2D eigenvalue weighted by Crippen LogP contribution is 2.41. The van der Waals surface area contributed by atoms with Crippen molar-refractivity contribution in [2.75, 3.05) is 26.7 Å². The van der Waals surface area contributed by atoms with Crippen molar-refractivity contribution in [3.8, 4) is 0 Å². The van der Waals surface area contributed by atoms with E-state index in [4.69, 9.17) is 4.74 Å². The molecule has 1 N–H and O–H groups in total. The molecule has 1 aromatic carbocycles. The number of carbonyl (C=O) groups excluding carboxylic acids is 1. The number of carbonyl (C=O) groups is 1. The predicted octanol–water partition coefficient (Wildman–Crippen LogP) is 3.64. The summed E-state index contributed by atoms with van der Waals surface area (Å²) in [4.78, 5) is 21.8. The van der Waals surface area contributed by atoms with Crippen LogP contribution in [-0.4, -0.2) is 58.3 Å². The van der Waals surface area contributed by atoms with Crippen LogP contribution in [0, 0.1) is 5.92 Å². The van der Waals surface area contributed by atoms with Crippen molar-refractivity contribution in [2.24, 2.45) is 5.92 Å². The second kappa shape index (κ2) is 10.1. The molecule has 4 rings (SSSR count). The van der Waals surface area contributed by atoms with Gasteiger partial charge in [0.05, 0.1) is 25.8 Å². The van der Waals surface area contributed by atoms with Gasteiger partial charge >= 0.3 is 5.97 Å². The second-order valence-electron chi connectivity index (χ2n) is 9.74. The standard InChI is InChI=1S/C26H36N3O3/c1-29(17-7-13-23-19-27-15-16-28-23)18-8-14-24(29)20-32-25(30)26(31,22-11-5-6-12-22)21-9-3-2-4-10-21/h2-4,9-10,15-16,19,22,24,31H,5-8,11-14,17-18,20H2,1H3/q+1. The Morgan fingerprint density at radius 1 is 1.16 bits per heavy atom. The Morgan fingerprint density at radius 3 is 2.66 bits per heavy atom. The van der Waals surface area contributed by atoms with Crippen LogP contribution in [0.2, 0.25) is 0 Å². The lowest BCUT2D eigenvalue weighted by Gasteiger charge is -2.37. The van der Waals surface area contributed by atoms with Gasteiger partial charge in [0, 0.05) is 43.8 Å². The highest BCUT2D eigenvalue weighted by atomic mass is 16.6. The number of likely N-dealkylation sites (tertiary alicyclic amines) is 1. The zero-order valence-corrected chi connectivity index (χ0v) is 19.2. The molecule has 1 saturated carbocycles. The molecule has 2 aromatic rings. The summed E-state index contributed by atoms with van der Waals surface area (Å²) in [7, 11) is 2.27. The van der Waals surface area contributed by atoms with Crippen molar-refractivity contribution in [1.82, 2.24) is 9.97 Å². The van der Waals surface area contributed by atoms with Gasteiger partial charge in [0.25, 0.3) is 0 Å². The van der Waals surface area contributed by atoms with Gasteiger partial charge in [-0.1, -0.05) is 43.2 Å². The van der Waals surface area contributed by atoms with E-state index in [9.17, 15) is 9.90 Å². The van der Waals surface area contributed by atoms with Gasteiger partial charge in [0.15, 0.2) is 5.60 Å². The first kappa shape index (κ1) is 22.9. The SMILES string of the molecule is C[N+]1(CCCc2cnccn2)CCCC1COC(=O)C(O)(c1ccccc1)C1CCCC1. The third kappa shape index (κ3) is 4.86. The minimum atomic E-state index is -1.55. The van der Waals surface area contributed by atoms with Crippen LogP contribution >= 0.6 is 0 Å². The van der Waals surface area contributed by atoms with Gasteiger partial charge in [-0.25, -0.2) is 4.79 Å². The van der Waals surface area contributed by atoms with Crippen LogP contribution < -0.4 is 0 Å². The van der Waals surface area contributed by atoms with Crippen LogP contribution in [0.3, 0.4) is 0 Å². The molecule has 0 spiro atoms. The fourth-order valence-corrected chi connectivity index (χ4v) is 5.66. The third-order valence-corrected chi connectivity index (χ3v) is 7.68. The van der Waals surface area contributed by atoms with Crippen LogP contribution in [0.15, 0.2) is 48.9 Å². The van der Waals surface area contributed by atoms with E-state index in [0.29, 0.717) is 12.2 Å². The Balaban J connectivity index is 1.38. The number of aliphatic hydroxyl groups is 1. The summed E-state index contributed by atoms with van der Waals surface area (Å²) in [5.74, 6) is -0.553. The largest absolute Gasteiger partial charge is 0.457 e. The van der Waals surface area contributed by atoms with Gasteiger partial charge in [0.2, 0.25) is 0 Å². The number of hydrogen-bond acceptors (Lipinski definition) is 5. The van der Waals surface area contributed by atoms with Crippen molar-refractivity contribution in [3.05, 3.63) is 60.2 Å². The number of benzene rings is 1. The summed E-state index contributed by atoms with van der Waals surface area (Å²) in [6.45, 7) is 2.47. The molecule has 6 heteroatoms. The molecule has 3 atom stereocenters. The van der Waals surface area contributed by atoms with Crippen LogP contribution in [0.5, 0.6) is 0 Å². The summed E-state index contributed by atoms with van der Waals surface area (Å²) in [5, 5.41) is 11.6. The average molecular weight is 439 g/mol. The Hall–Kier alpha value is -2.31. The molecule has 172 valence electrons. The lowest BCUT2D eigenvalue weighted by Crippen LogP contribution is -2.52. The second-order valence-corrected chi connectivity index (χ2v) is 9.74. The van der Waals surface area contributed by atoms with E-state index in [1.165, 1.54) is 0 Å². The van der Waals surface area contributed by atoms with Crippen molar-refractivity contribution in [1.29, 1.82) is 0 Å². The number of nitrogens with zero attached hydrogens (tertiary/aromatic N) is 3. The predicted molar refractivity (Wildman–Crippen MR) is 123 cm³/mol. The smallest absolute Gasteiger partial charge is 0.343 e. The molecule has 1 aliphatic heterocycles. The molecule has 2 heterocycles. The summed E-state index contributed by atoms with van der Waals surface area (Å²) < 4.78 is 6.79. The fraction of sp³-hybridized carbons (Fsp3) is 0.577. The van der Waals surface area contributed by atoms with Crippen molar-refractivity contribution >= 4 is 5.97 Å². The normalized spacial score (nSPS) is 25.5. The summed E-state index contributed by atoms with van der Waals surface area (Å²) >= 11 is 0. The van der Waals surface area contributed by atoms with E-state index in [1.807, 2.05) is 36.5 Å². The molecule has 0 radical (unpaired) electrons. The Morgan fingerprint density at radius 2 is 1.94 bits per heavy atom. The first-order valence-electron chi connectivity index (χ1n) is 12.1. The van der Waals surface area contributed by atoms with Gasteiger partial charge < -0.3 is 14.3 Å². The van der Waals surface area contributed by atoms with E-state index < -0.39 is 11.6 Å². The number of quaternary nitrogens is 1. The lowest BCUT2D eigenvalue weighted by molar-refractivity contribution is -0.921. The first-order chi connectivity index (χ1) is 15.5. The van der Waals surface area contributed by atoms with Gasteiger partial charge in [-0.2, -0.15) is 0 Å². The molecule has 32 heavy (non-hydrogen) atoms. The Kier molecular flexibility index (Phi) is 7.21. The van der Waals surface area contributed by atoms with Crippen molar-refractivity contribution in [3.63, 3.8) is 0 Å². The lowest BCUT2D eigenvalue weighted by atomic mass is 9.80. The molecule has 0 amide bonds. The minimum Gasteiger partial charge on any atom is -0.457 e. The monoisotopic (exact) mass is 438 g/mol. The van der Waals surface area contributed by atoms with Gasteiger partial charge in [-0.3, -0.25) is 9.97 Å². The van der Waals surface area contributed by atoms with Crippen LogP contribution in [0.4, 0.5) is 0 Å². The average Bonchev–Trinajstić information content (AvgIpc) is 3.49. The maximum absolute atomic E-state index is 13.3. The molecule has 2 fully saturated rings. The van der Waals surface area contributed by atoms with E-state index in [2.05, 4.69) is 17.0 Å². The Labute approximate surface area is 191 Å². The number of ether oxygens (including phenoxy) is 1. The van der Waals surface area contributed by atoms with E-state index in [1.54, 1.807) is 12.4 Å². The molecular weight excluding hydrogens is 402 g/mol. The first-order valence-corrected chi connectivity index (χ1v) is 12.1. The maximum atomic E-state index is 13.3. The van der Waals surface area contributed by atoms with Gasteiger partial charge in [0.1, 0.15) is 12.6 Å². The topological polar surface area (TPSA) is 72.3 Å². The van der Waals surface area contributed by atoms with Crippen LogP contribution in [0.1, 0.15) is 56.2 Å². The number of esters is 1. The zero-order chi connectivity index (χ0) is 22.4. The third-order valence-electron chi connectivity index (χ3n) is 7.68. The number of aryl methyl sites for hydroxylation is 1. The van der Waals surface area contributed by atoms with Crippen LogP contribution in [-0.2, 0) is 21.6 Å². The Bertz CT molecular complexity index is 872. The van der Waals surface area contributed by atoms with E-state index in [-0.39, 0.29) is 12.0 Å². The highest BCUT2D eigenvalue weighted by Gasteiger charge is 2.48. The zero-order valence-electron chi connectivity index (χ0n) is 19.2. The molecule has 1 aliphatic carbocycles. The molecule has 1 saturated heterocycles. The van der Waals surface area contributed by atoms with E-state index in [0.717, 1.165) is 74.6 Å². The minimum absolute atomic E-state index is 0.0752. The molecule has 6 nitrogen and oxygen atoms in total. The number of aromatic nitrogens is 2. The quantitative estimate of drug-likeness (QED) is 0.478. The van der Waals surface area contributed by atoms with Gasteiger partial charge in [-0.05, 0) is 24.8 Å². The number of likely N-dealkylation sites (N-methyl/N-ethyl adjacent to an activating group) is 1. The van der Waals surface area contributed by atoms with Crippen molar-refractivity contribution in [2.45, 2.75) is 63.0 Å². The summed E-state index contributed by atoms with van der Waals surface area (Å²) in [5.41, 5.74) is 0.126. The summed E-state index contributed by atoms with van der Waals surface area (Å²) in [6.07, 6.45) is 13.2. The highest BCUT2D eigenvalue weighted by molar-refractivity contribution is 5.81. The molecule has 1 aromatic heterocycles. The number of rotatable bonds is 9.